The molecule has 0 aliphatic carbocycles. The second-order valence-electron chi connectivity index (χ2n) is 6.56. The molecule has 0 saturated heterocycles. The minimum Gasteiger partial charge on any atom is -0.486 e. The lowest BCUT2D eigenvalue weighted by Crippen LogP contribution is -2.42. The largest absolute Gasteiger partial charge is 0.486 e. The molecule has 0 saturated carbocycles. The van der Waals surface area contributed by atoms with Crippen LogP contribution in [0.25, 0.3) is 0 Å². The first-order valence-electron chi connectivity index (χ1n) is 9.14. The smallest absolute Gasteiger partial charge is 0.325 e. The molecule has 10 heteroatoms. The number of benzene rings is 2. The van der Waals surface area contributed by atoms with Gasteiger partial charge in [-0.25, -0.2) is 4.79 Å². The fraction of sp³-hybridized carbons (Fsp3) is 0.250. The summed E-state index contributed by atoms with van der Waals surface area (Å²) >= 11 is 6.00. The summed E-state index contributed by atoms with van der Waals surface area (Å²) in [5.74, 6) is 0.229. The van der Waals surface area contributed by atoms with Gasteiger partial charge in [-0.1, -0.05) is 23.7 Å². The summed E-state index contributed by atoms with van der Waals surface area (Å²) in [4.78, 5) is 37.7. The molecule has 2 aromatic carbocycles. The molecule has 3 N–H and O–H groups in total. The molecular formula is C20H21ClN4O5. The summed E-state index contributed by atoms with van der Waals surface area (Å²) in [5.41, 5.74) is 0.942. The van der Waals surface area contributed by atoms with E-state index in [4.69, 9.17) is 21.1 Å². The Morgan fingerprint density at radius 2 is 1.67 bits per heavy atom. The van der Waals surface area contributed by atoms with E-state index in [-0.39, 0.29) is 19.0 Å². The number of rotatable bonds is 6. The van der Waals surface area contributed by atoms with Gasteiger partial charge >= 0.3 is 6.03 Å². The Bertz CT molecular complexity index is 953. The highest BCUT2D eigenvalue weighted by atomic mass is 35.5. The summed E-state index contributed by atoms with van der Waals surface area (Å²) in [6.07, 6.45) is 0. The first-order chi connectivity index (χ1) is 14.4. The molecule has 158 valence electrons. The van der Waals surface area contributed by atoms with Crippen molar-refractivity contribution >= 4 is 40.8 Å². The van der Waals surface area contributed by atoms with Crippen LogP contribution in [0.3, 0.4) is 0 Å². The highest BCUT2D eigenvalue weighted by molar-refractivity contribution is 6.33. The van der Waals surface area contributed by atoms with Gasteiger partial charge in [-0.2, -0.15) is 0 Å². The van der Waals surface area contributed by atoms with Gasteiger partial charge < -0.3 is 20.1 Å². The van der Waals surface area contributed by atoms with Crippen molar-refractivity contribution in [3.63, 3.8) is 0 Å². The first-order valence-corrected chi connectivity index (χ1v) is 9.52. The van der Waals surface area contributed by atoms with Crippen molar-refractivity contribution in [1.29, 1.82) is 0 Å². The number of urea groups is 1. The number of imide groups is 1. The van der Waals surface area contributed by atoms with E-state index in [1.54, 1.807) is 49.5 Å². The average molecular weight is 433 g/mol. The number of hydrogen-bond donors (Lipinski definition) is 3. The third kappa shape index (κ3) is 6.10. The van der Waals surface area contributed by atoms with Crippen LogP contribution in [0.1, 0.15) is 0 Å². The normalized spacial score (nSPS) is 12.2. The molecule has 1 aliphatic heterocycles. The quantitative estimate of drug-likeness (QED) is 0.646. The minimum atomic E-state index is -0.689. The van der Waals surface area contributed by atoms with Crippen LogP contribution in [0.5, 0.6) is 11.5 Å². The van der Waals surface area contributed by atoms with Gasteiger partial charge in [-0.3, -0.25) is 19.8 Å². The highest BCUT2D eigenvalue weighted by Gasteiger charge is 2.16. The summed E-state index contributed by atoms with van der Waals surface area (Å²) < 4.78 is 10.9. The van der Waals surface area contributed by atoms with E-state index in [0.29, 0.717) is 41.1 Å². The molecule has 0 spiro atoms. The molecule has 1 heterocycles. The van der Waals surface area contributed by atoms with Crippen LogP contribution >= 0.6 is 11.6 Å². The van der Waals surface area contributed by atoms with Crippen molar-refractivity contribution in [2.45, 2.75) is 0 Å². The molecule has 0 fully saturated rings. The van der Waals surface area contributed by atoms with E-state index < -0.39 is 11.9 Å². The Morgan fingerprint density at radius 1 is 0.967 bits per heavy atom. The van der Waals surface area contributed by atoms with Crippen LogP contribution in [0.2, 0.25) is 5.02 Å². The van der Waals surface area contributed by atoms with Gasteiger partial charge in [0.15, 0.2) is 11.5 Å². The van der Waals surface area contributed by atoms with Crippen LogP contribution in [-0.4, -0.2) is 56.1 Å². The zero-order chi connectivity index (χ0) is 21.5. The summed E-state index contributed by atoms with van der Waals surface area (Å²) in [5, 5.41) is 7.86. The lowest BCUT2D eigenvalue weighted by molar-refractivity contribution is -0.121. The molecule has 30 heavy (non-hydrogen) atoms. The van der Waals surface area contributed by atoms with Gasteiger partial charge in [-0.05, 0) is 31.3 Å². The van der Waals surface area contributed by atoms with Crippen molar-refractivity contribution in [1.82, 2.24) is 10.2 Å². The van der Waals surface area contributed by atoms with Crippen molar-refractivity contribution in [3.8, 4) is 11.5 Å². The van der Waals surface area contributed by atoms with Gasteiger partial charge in [0.05, 0.1) is 23.8 Å². The molecular weight excluding hydrogens is 412 g/mol. The van der Waals surface area contributed by atoms with Crippen LogP contribution < -0.4 is 25.4 Å². The molecule has 3 rings (SSSR count). The molecule has 9 nitrogen and oxygen atoms in total. The Morgan fingerprint density at radius 3 is 2.43 bits per heavy atom. The fourth-order valence-corrected chi connectivity index (χ4v) is 2.93. The Balaban J connectivity index is 1.43. The molecule has 4 amide bonds. The van der Waals surface area contributed by atoms with E-state index in [1.165, 1.54) is 4.90 Å². The first kappa shape index (κ1) is 21.4. The standard InChI is InChI=1S/C20H21ClN4O5/c1-25(11-18(26)23-15-5-3-2-4-14(15)21)12-19(27)24-20(28)22-13-6-7-16-17(10-13)30-9-8-29-16/h2-7,10H,8-9,11-12H2,1H3,(H,23,26)(H2,22,24,27,28). The minimum absolute atomic E-state index is 0.0532. The molecule has 0 bridgehead atoms. The zero-order valence-electron chi connectivity index (χ0n) is 16.2. The summed E-state index contributed by atoms with van der Waals surface area (Å²) in [6, 6.07) is 11.1. The average Bonchev–Trinajstić information content (AvgIpc) is 2.69. The van der Waals surface area contributed by atoms with Gasteiger partial charge in [0.25, 0.3) is 0 Å². The van der Waals surface area contributed by atoms with Crippen LogP contribution in [0, 0.1) is 0 Å². The maximum Gasteiger partial charge on any atom is 0.325 e. The third-order valence-electron chi connectivity index (χ3n) is 4.03. The van der Waals surface area contributed by atoms with Gasteiger partial charge in [0.1, 0.15) is 13.2 Å². The number of fused-ring (bicyclic) bond motifs is 1. The zero-order valence-corrected chi connectivity index (χ0v) is 17.0. The second kappa shape index (κ2) is 9.95. The van der Waals surface area contributed by atoms with Gasteiger partial charge in [0, 0.05) is 11.8 Å². The number of nitrogens with one attached hydrogen (secondary N) is 3. The number of carbonyl (C=O) groups is 3. The van der Waals surface area contributed by atoms with Crippen LogP contribution in [0.4, 0.5) is 16.2 Å². The number of carbonyl (C=O) groups excluding carboxylic acids is 3. The van der Waals surface area contributed by atoms with E-state index in [9.17, 15) is 14.4 Å². The predicted octanol–water partition coefficient (Wildman–Crippen LogP) is 2.33. The van der Waals surface area contributed by atoms with Crippen molar-refractivity contribution in [2.24, 2.45) is 0 Å². The third-order valence-corrected chi connectivity index (χ3v) is 4.36. The van der Waals surface area contributed by atoms with E-state index in [0.717, 1.165) is 0 Å². The number of halogens is 1. The number of para-hydroxylation sites is 1. The topological polar surface area (TPSA) is 109 Å². The Labute approximate surface area is 178 Å². The SMILES string of the molecule is CN(CC(=O)NC(=O)Nc1ccc2c(c1)OCCO2)CC(=O)Nc1ccccc1Cl. The van der Waals surface area contributed by atoms with E-state index >= 15 is 0 Å². The number of amides is 4. The number of ether oxygens (including phenoxy) is 2. The fourth-order valence-electron chi connectivity index (χ4n) is 2.75. The van der Waals surface area contributed by atoms with E-state index in [1.807, 2.05) is 0 Å². The van der Waals surface area contributed by atoms with Crippen LogP contribution in [-0.2, 0) is 9.59 Å². The molecule has 0 unspecified atom stereocenters. The molecule has 0 aromatic heterocycles. The van der Waals surface area contributed by atoms with Crippen molar-refractivity contribution < 1.29 is 23.9 Å². The van der Waals surface area contributed by atoms with Gasteiger partial charge in [-0.15, -0.1) is 0 Å². The lowest BCUT2D eigenvalue weighted by Gasteiger charge is -2.19. The molecule has 2 aromatic rings. The van der Waals surface area contributed by atoms with Crippen molar-refractivity contribution in [3.05, 3.63) is 47.5 Å². The maximum absolute atomic E-state index is 12.1. The highest BCUT2D eigenvalue weighted by Crippen LogP contribution is 2.32. The number of hydrogen-bond acceptors (Lipinski definition) is 6. The molecule has 0 radical (unpaired) electrons. The second-order valence-corrected chi connectivity index (χ2v) is 6.97. The van der Waals surface area contributed by atoms with E-state index in [2.05, 4.69) is 16.0 Å². The number of likely N-dealkylation sites (N-methyl/N-ethyl adjacent to an activating group) is 1. The maximum atomic E-state index is 12.1. The monoisotopic (exact) mass is 432 g/mol. The molecule has 0 atom stereocenters. The molecule has 1 aliphatic rings. The van der Waals surface area contributed by atoms with Crippen LogP contribution in [0.15, 0.2) is 42.5 Å². The van der Waals surface area contributed by atoms with Crippen molar-refractivity contribution in [2.75, 3.05) is 44.0 Å². The summed E-state index contributed by atoms with van der Waals surface area (Å²) in [6.45, 7) is 0.698. The van der Waals surface area contributed by atoms with Gasteiger partial charge in [0.2, 0.25) is 11.8 Å². The predicted molar refractivity (Wildman–Crippen MR) is 112 cm³/mol. The summed E-state index contributed by atoms with van der Waals surface area (Å²) in [7, 11) is 1.59. The number of nitrogens with zero attached hydrogens (tertiary/aromatic N) is 1. The number of anilines is 2. The Kier molecular flexibility index (Phi) is 7.10. The Hall–Kier alpha value is -3.30. The lowest BCUT2D eigenvalue weighted by atomic mass is 10.2.